The Bertz CT molecular complexity index is 2690. The van der Waals surface area contributed by atoms with Crippen LogP contribution < -0.4 is 0 Å². The molecule has 4 saturated heterocycles. The number of carboxylic acid groups (broad SMARTS) is 1. The van der Waals surface area contributed by atoms with Crippen LogP contribution in [-0.4, -0.2) is 257 Å². The van der Waals surface area contributed by atoms with E-state index in [1.807, 2.05) is 34.6 Å². The van der Waals surface area contributed by atoms with Crippen LogP contribution in [0.2, 0.25) is 0 Å². The Kier molecular flexibility index (Phi) is 20.4. The van der Waals surface area contributed by atoms with Crippen LogP contribution in [0.1, 0.15) is 122 Å². The molecule has 0 amide bonds. The maximum Gasteiger partial charge on any atom is 0.335 e. The van der Waals surface area contributed by atoms with Crippen molar-refractivity contribution < 1.29 is 138 Å². The first kappa shape index (κ1) is 70.9. The SMILES string of the molecule is C/C=C(/C)C(=O)O[C@H]1[C@@H](O)[C@H](O[C@H]2[C@@H](OC(C)=O)[C@@]3(CO)C(CC2(C)C)C2=CCC4[C@@]5(C)CC[C@H](O[C@H]6O[C@H](C(=O)O)[C@@H](O)[C@H](O[C@H]7O[C@H](CO)[C@@H](O)[C@@H]7O)[C@H]6O[C@@H]6O[C@H](CO)[C@H](O)[C@H](O)[C@H]6O)C(C)(C)C5CC[C@@]4(C)[C@]2(C)[C@H](O)[C@@H]3O)O[C@@H](C)[C@@H]1OC(C)=O. The summed E-state index contributed by atoms with van der Waals surface area (Å²) in [6.07, 6.45) is -34.1. The summed E-state index contributed by atoms with van der Waals surface area (Å²) in [5, 5.41) is 147. The van der Waals surface area contributed by atoms with Gasteiger partial charge in [-0.3, -0.25) is 9.59 Å². The quantitative estimate of drug-likeness (QED) is 0.0282. The molecule has 0 aromatic carbocycles. The molecule has 8 fully saturated rings. The van der Waals surface area contributed by atoms with E-state index in [4.69, 9.17) is 52.1 Å². The Hall–Kier alpha value is -3.44. The Morgan fingerprint density at radius 2 is 1.18 bits per heavy atom. The number of allylic oxidation sites excluding steroid dienone is 2. The minimum atomic E-state index is -2.15. The fourth-order valence-electron chi connectivity index (χ4n) is 17.9. The first-order chi connectivity index (χ1) is 42.0. The van der Waals surface area contributed by atoms with Crippen molar-refractivity contribution >= 4 is 23.9 Å². The molecule has 512 valence electrons. The molecule has 3 unspecified atom stereocenters. The normalized spacial score (nSPS) is 49.8. The van der Waals surface area contributed by atoms with Crippen LogP contribution in [0.15, 0.2) is 23.3 Å². The molecule has 4 saturated carbocycles. The van der Waals surface area contributed by atoms with Crippen molar-refractivity contribution in [3.63, 3.8) is 0 Å². The maximum atomic E-state index is 13.4. The number of hydrogen-bond donors (Lipinski definition) is 13. The number of carbonyl (C=O) groups excluding carboxylic acids is 3. The highest BCUT2D eigenvalue weighted by molar-refractivity contribution is 5.87. The molecule has 9 rings (SSSR count). The van der Waals surface area contributed by atoms with Crippen LogP contribution in [0.4, 0.5) is 0 Å². The topological polar surface area (TPSA) is 433 Å². The van der Waals surface area contributed by atoms with E-state index in [0.29, 0.717) is 25.7 Å². The maximum absolute atomic E-state index is 13.4. The van der Waals surface area contributed by atoms with Gasteiger partial charge in [-0.05, 0) is 98.7 Å². The molecule has 28 heteroatoms. The molecule has 4 heterocycles. The van der Waals surface area contributed by atoms with Gasteiger partial charge < -0.3 is 118 Å². The third-order valence-corrected chi connectivity index (χ3v) is 23.0. The van der Waals surface area contributed by atoms with Crippen molar-refractivity contribution in [2.75, 3.05) is 19.8 Å². The van der Waals surface area contributed by atoms with Crippen LogP contribution in [0.3, 0.4) is 0 Å². The van der Waals surface area contributed by atoms with Gasteiger partial charge in [-0.1, -0.05) is 66.2 Å². The largest absolute Gasteiger partial charge is 0.479 e. The second kappa shape index (κ2) is 25.9. The van der Waals surface area contributed by atoms with Crippen molar-refractivity contribution in [3.05, 3.63) is 23.3 Å². The highest BCUT2D eigenvalue weighted by Gasteiger charge is 2.76. The number of aliphatic hydroxyl groups is 12. The molecule has 0 spiro atoms. The fourth-order valence-corrected chi connectivity index (χ4v) is 17.9. The number of fused-ring (bicyclic) bond motifs is 7. The Morgan fingerprint density at radius 1 is 0.600 bits per heavy atom. The van der Waals surface area contributed by atoms with E-state index >= 15 is 0 Å². The second-order valence-electron chi connectivity index (χ2n) is 28.6. The van der Waals surface area contributed by atoms with Crippen LogP contribution in [0.5, 0.6) is 0 Å². The van der Waals surface area contributed by atoms with Gasteiger partial charge in [0.05, 0.1) is 49.7 Å². The summed E-state index contributed by atoms with van der Waals surface area (Å²) in [7, 11) is 0. The van der Waals surface area contributed by atoms with Gasteiger partial charge >= 0.3 is 23.9 Å². The fraction of sp³-hybridized carbons (Fsp3) is 0.871. The van der Waals surface area contributed by atoms with Gasteiger partial charge in [0.25, 0.3) is 0 Å². The highest BCUT2D eigenvalue weighted by atomic mass is 16.8. The highest BCUT2D eigenvalue weighted by Crippen LogP contribution is 2.76. The third kappa shape index (κ3) is 11.5. The number of carboxylic acids is 1. The molecule has 31 atom stereocenters. The zero-order chi connectivity index (χ0) is 66.6. The van der Waals surface area contributed by atoms with Crippen LogP contribution in [-0.2, 0) is 71.3 Å². The monoisotopic (exact) mass is 1290 g/mol. The van der Waals surface area contributed by atoms with E-state index in [1.165, 1.54) is 19.9 Å². The van der Waals surface area contributed by atoms with E-state index < -0.39 is 229 Å². The molecular weight excluding hydrogens is 1190 g/mol. The Labute approximate surface area is 522 Å². The van der Waals surface area contributed by atoms with Gasteiger partial charge in [0, 0.05) is 24.8 Å². The lowest BCUT2D eigenvalue weighted by molar-refractivity contribution is -0.386. The smallest absolute Gasteiger partial charge is 0.335 e. The molecule has 28 nitrogen and oxygen atoms in total. The molecule has 5 aliphatic carbocycles. The lowest BCUT2D eigenvalue weighted by Gasteiger charge is -2.73. The summed E-state index contributed by atoms with van der Waals surface area (Å²) in [6.45, 7) is 18.5. The number of rotatable bonds is 16. The van der Waals surface area contributed by atoms with Crippen molar-refractivity contribution in [2.24, 2.45) is 50.2 Å². The molecule has 13 N–H and O–H groups in total. The minimum absolute atomic E-state index is 0.177. The summed E-state index contributed by atoms with van der Waals surface area (Å²) < 4.78 is 67.0. The predicted molar refractivity (Wildman–Crippen MR) is 304 cm³/mol. The summed E-state index contributed by atoms with van der Waals surface area (Å²) in [6, 6.07) is 0. The van der Waals surface area contributed by atoms with Crippen LogP contribution in [0.25, 0.3) is 0 Å². The molecule has 0 bridgehead atoms. The zero-order valence-corrected chi connectivity index (χ0v) is 53.0. The molecular formula is C62H96O28. The van der Waals surface area contributed by atoms with Crippen molar-refractivity contribution in [3.8, 4) is 0 Å². The summed E-state index contributed by atoms with van der Waals surface area (Å²) in [5.74, 6) is -5.21. The van der Waals surface area contributed by atoms with E-state index in [-0.39, 0.29) is 30.3 Å². The summed E-state index contributed by atoms with van der Waals surface area (Å²) >= 11 is 0. The molecule has 9 aliphatic rings. The van der Waals surface area contributed by atoms with Gasteiger partial charge in [-0.15, -0.1) is 0 Å². The third-order valence-electron chi connectivity index (χ3n) is 23.0. The average Bonchev–Trinajstić information content (AvgIpc) is 0.670. The Balaban J connectivity index is 1.03. The van der Waals surface area contributed by atoms with E-state index in [9.17, 15) is 85.6 Å². The van der Waals surface area contributed by atoms with Gasteiger partial charge in [-0.2, -0.15) is 0 Å². The summed E-state index contributed by atoms with van der Waals surface area (Å²) in [4.78, 5) is 51.9. The van der Waals surface area contributed by atoms with Gasteiger partial charge in [0.15, 0.2) is 43.5 Å². The first-order valence-corrected chi connectivity index (χ1v) is 31.3. The number of aliphatic hydroxyl groups excluding tert-OH is 12. The van der Waals surface area contributed by atoms with Crippen LogP contribution in [0, 0.1) is 50.2 Å². The van der Waals surface area contributed by atoms with Crippen molar-refractivity contribution in [2.45, 2.75) is 269 Å². The second-order valence-corrected chi connectivity index (χ2v) is 28.6. The number of ether oxygens (including phenoxy) is 11. The Morgan fingerprint density at radius 3 is 1.74 bits per heavy atom. The zero-order valence-electron chi connectivity index (χ0n) is 53.0. The summed E-state index contributed by atoms with van der Waals surface area (Å²) in [5.41, 5.74) is -5.35. The lowest BCUT2D eigenvalue weighted by atomic mass is 9.32. The number of hydrogen-bond acceptors (Lipinski definition) is 27. The number of carbonyl (C=O) groups is 4. The van der Waals surface area contributed by atoms with Gasteiger partial charge in [-0.25, -0.2) is 9.59 Å². The first-order valence-electron chi connectivity index (χ1n) is 31.3. The standard InChI is InChI=1S/C62H96O28/c1-13-24(2)52(79)86-44-41(74)55(80-25(3)42(44)81-26(4)66)90-49-50(82-27(5)67)62(23-65)29(20-57(49,6)7)28-14-15-33-59(10)18-17-34(58(8,9)32(59)16-19-60(33,11)61(28,12)47(75)48(62)76)85-56-46(89-54-39(72)37(70)35(68)30(21-63)83-54)43(40(73)45(88-56)51(77)78)87-53-38(71)36(69)31(22-64)84-53/h13-14,25,29-50,53-56,63-65,68-76H,15-23H2,1-12H3,(H,77,78)/b24-13-/t25-,29?,30+,31+,32?,33?,34-,35-,36+,37-,38-,39+,40-,41+,42-,43-,44-,45-,46+,47+,48-,49-,50+,53+,54-,55-,56-,59-,60+,61-,62-/m0/s1. The molecule has 0 radical (unpaired) electrons. The molecule has 90 heavy (non-hydrogen) atoms. The molecule has 0 aromatic heterocycles. The van der Waals surface area contributed by atoms with Gasteiger partial charge in [0.1, 0.15) is 79.4 Å². The van der Waals surface area contributed by atoms with Crippen molar-refractivity contribution in [1.29, 1.82) is 0 Å². The predicted octanol–water partition coefficient (Wildman–Crippen LogP) is -1.26. The number of aliphatic carboxylic acids is 1. The minimum Gasteiger partial charge on any atom is -0.479 e. The average molecular weight is 1290 g/mol. The van der Waals surface area contributed by atoms with E-state index in [1.54, 1.807) is 6.92 Å². The van der Waals surface area contributed by atoms with Crippen LogP contribution >= 0.6 is 0 Å². The van der Waals surface area contributed by atoms with E-state index in [2.05, 4.69) is 19.9 Å². The van der Waals surface area contributed by atoms with Crippen molar-refractivity contribution in [1.82, 2.24) is 0 Å². The molecule has 0 aromatic rings. The van der Waals surface area contributed by atoms with Gasteiger partial charge in [0.2, 0.25) is 0 Å². The lowest BCUT2D eigenvalue weighted by Crippen LogP contribution is -2.77. The van der Waals surface area contributed by atoms with E-state index in [0.717, 1.165) is 19.4 Å². The molecule has 4 aliphatic heterocycles. The number of esters is 3.